The Kier molecular flexibility index (Phi) is 3.78. The van der Waals surface area contributed by atoms with Gasteiger partial charge in [-0.3, -0.25) is 9.59 Å². The van der Waals surface area contributed by atoms with Gasteiger partial charge >= 0.3 is 0 Å². The zero-order valence-corrected chi connectivity index (χ0v) is 10.1. The first-order chi connectivity index (χ1) is 9.18. The van der Waals surface area contributed by atoms with Crippen LogP contribution in [0.5, 0.6) is 0 Å². The number of carbonyl (C=O) groups is 1. The van der Waals surface area contributed by atoms with Crippen molar-refractivity contribution >= 4 is 16.8 Å². The molecule has 1 amide bonds. The highest BCUT2D eigenvalue weighted by atomic mass is 16.2. The predicted molar refractivity (Wildman–Crippen MR) is 73.9 cm³/mol. The summed E-state index contributed by atoms with van der Waals surface area (Å²) in [6.07, 6.45) is 3.75. The van der Waals surface area contributed by atoms with Crippen molar-refractivity contribution in [3.63, 3.8) is 0 Å². The number of nitrogens with one attached hydrogen (secondary N) is 2. The number of rotatable bonds is 1. The maximum Gasteiger partial charge on any atom is 0.261 e. The van der Waals surface area contributed by atoms with E-state index in [1.165, 1.54) is 6.07 Å². The van der Waals surface area contributed by atoms with Gasteiger partial charge in [0.25, 0.3) is 11.5 Å². The van der Waals surface area contributed by atoms with E-state index in [0.29, 0.717) is 5.52 Å². The molecule has 1 aromatic carbocycles. The fourth-order valence-electron chi connectivity index (χ4n) is 1.61. The van der Waals surface area contributed by atoms with Crippen molar-refractivity contribution in [1.82, 2.24) is 9.97 Å². The fourth-order valence-corrected chi connectivity index (χ4v) is 1.61. The molecule has 0 aliphatic heterocycles. The van der Waals surface area contributed by atoms with Crippen molar-refractivity contribution in [2.45, 2.75) is 0 Å². The van der Waals surface area contributed by atoms with Crippen LogP contribution in [0.2, 0.25) is 0 Å². The number of amides is 1. The summed E-state index contributed by atoms with van der Waals surface area (Å²) in [4.78, 5) is 27.6. The summed E-state index contributed by atoms with van der Waals surface area (Å²) in [5.74, 6) is -0.711. The standard InChI is InChI=1S/C10H8N2O2.C4H5N/c11-9(13)7-5-6-3-1-2-4-8(6)12-10(7)14;1-2-4-5-3-1/h1-5H,(H2,11,13)(H,12,14);1-5H. The van der Waals surface area contributed by atoms with Crippen LogP contribution in [-0.4, -0.2) is 15.9 Å². The lowest BCUT2D eigenvalue weighted by Gasteiger charge is -1.98. The van der Waals surface area contributed by atoms with Crippen LogP contribution in [-0.2, 0) is 0 Å². The van der Waals surface area contributed by atoms with Gasteiger partial charge in [-0.1, -0.05) is 18.2 Å². The number of hydrogen-bond acceptors (Lipinski definition) is 2. The van der Waals surface area contributed by atoms with E-state index in [2.05, 4.69) is 9.97 Å². The van der Waals surface area contributed by atoms with Gasteiger partial charge in [-0.15, -0.1) is 0 Å². The number of aromatic nitrogens is 2. The molecule has 96 valence electrons. The molecule has 0 bridgehead atoms. The number of aromatic amines is 2. The lowest BCUT2D eigenvalue weighted by molar-refractivity contribution is 0.0999. The summed E-state index contributed by atoms with van der Waals surface area (Å²) in [6, 6.07) is 12.6. The number of H-pyrrole nitrogens is 2. The summed E-state index contributed by atoms with van der Waals surface area (Å²) in [5, 5.41) is 0.793. The van der Waals surface area contributed by atoms with Crippen LogP contribution >= 0.6 is 0 Å². The minimum Gasteiger partial charge on any atom is -0.368 e. The lowest BCUT2D eigenvalue weighted by atomic mass is 10.1. The third-order valence-electron chi connectivity index (χ3n) is 2.51. The third-order valence-corrected chi connectivity index (χ3v) is 2.51. The van der Waals surface area contributed by atoms with Gasteiger partial charge < -0.3 is 15.7 Å². The maximum atomic E-state index is 11.3. The van der Waals surface area contributed by atoms with Crippen LogP contribution in [0.15, 0.2) is 59.7 Å². The highest BCUT2D eigenvalue weighted by Crippen LogP contribution is 2.09. The Labute approximate surface area is 109 Å². The molecule has 0 saturated carbocycles. The number of benzene rings is 1. The average molecular weight is 255 g/mol. The summed E-state index contributed by atoms with van der Waals surface area (Å²) in [6.45, 7) is 0. The number of primary amides is 1. The summed E-state index contributed by atoms with van der Waals surface area (Å²) in [5.41, 5.74) is 5.29. The van der Waals surface area contributed by atoms with Crippen molar-refractivity contribution in [2.24, 2.45) is 5.73 Å². The highest BCUT2D eigenvalue weighted by molar-refractivity contribution is 5.95. The van der Waals surface area contributed by atoms with Crippen LogP contribution in [0.4, 0.5) is 0 Å². The number of carbonyl (C=O) groups excluding carboxylic acids is 1. The molecule has 0 spiro atoms. The molecule has 3 rings (SSSR count). The first kappa shape index (κ1) is 12.6. The first-order valence-electron chi connectivity index (χ1n) is 5.68. The fraction of sp³-hybridized carbons (Fsp3) is 0. The first-order valence-corrected chi connectivity index (χ1v) is 5.68. The molecule has 4 N–H and O–H groups in total. The summed E-state index contributed by atoms with van der Waals surface area (Å²) >= 11 is 0. The van der Waals surface area contributed by atoms with E-state index in [4.69, 9.17) is 5.73 Å². The normalized spacial score (nSPS) is 9.68. The van der Waals surface area contributed by atoms with Gasteiger partial charge in [-0.25, -0.2) is 0 Å². The molecule has 2 heterocycles. The van der Waals surface area contributed by atoms with Crippen LogP contribution in [0.25, 0.3) is 10.9 Å². The van der Waals surface area contributed by atoms with Gasteiger partial charge in [-0.2, -0.15) is 0 Å². The molecule has 0 saturated heterocycles. The molecular formula is C14H13N3O2. The van der Waals surface area contributed by atoms with Crippen LogP contribution in [0.3, 0.4) is 0 Å². The van der Waals surface area contributed by atoms with E-state index in [1.54, 1.807) is 12.1 Å². The van der Waals surface area contributed by atoms with Crippen LogP contribution in [0, 0.1) is 0 Å². The van der Waals surface area contributed by atoms with Gasteiger partial charge in [-0.05, 0) is 29.7 Å². The molecule has 0 fully saturated rings. The van der Waals surface area contributed by atoms with Gasteiger partial charge in [0.2, 0.25) is 0 Å². The monoisotopic (exact) mass is 255 g/mol. The number of fused-ring (bicyclic) bond motifs is 1. The zero-order chi connectivity index (χ0) is 13.7. The Balaban J connectivity index is 0.000000224. The Morgan fingerprint density at radius 3 is 2.32 bits per heavy atom. The molecule has 0 radical (unpaired) electrons. The number of nitrogens with two attached hydrogens (primary N) is 1. The quantitative estimate of drug-likeness (QED) is 0.616. The highest BCUT2D eigenvalue weighted by Gasteiger charge is 2.06. The van der Waals surface area contributed by atoms with E-state index in [0.717, 1.165) is 5.39 Å². The minimum atomic E-state index is -0.711. The minimum absolute atomic E-state index is 0.0105. The molecule has 0 unspecified atom stereocenters. The molecule has 0 atom stereocenters. The van der Waals surface area contributed by atoms with Crippen molar-refractivity contribution < 1.29 is 4.79 Å². The molecule has 0 aliphatic carbocycles. The maximum absolute atomic E-state index is 11.3. The van der Waals surface area contributed by atoms with Crippen LogP contribution in [0.1, 0.15) is 10.4 Å². The Bertz CT molecular complexity index is 713. The van der Waals surface area contributed by atoms with E-state index in [9.17, 15) is 9.59 Å². The molecule has 5 nitrogen and oxygen atoms in total. The second-order valence-electron chi connectivity index (χ2n) is 3.85. The third kappa shape index (κ3) is 3.10. The second kappa shape index (κ2) is 5.68. The zero-order valence-electron chi connectivity index (χ0n) is 10.1. The Morgan fingerprint density at radius 1 is 1.05 bits per heavy atom. The number of para-hydroxylation sites is 1. The predicted octanol–water partition coefficient (Wildman–Crippen LogP) is 1.64. The SMILES string of the molecule is NC(=O)c1cc2ccccc2[nH]c1=O.c1cc[nH]c1. The Morgan fingerprint density at radius 2 is 1.74 bits per heavy atom. The lowest BCUT2D eigenvalue weighted by Crippen LogP contribution is -2.23. The van der Waals surface area contributed by atoms with Gasteiger partial charge in [0.15, 0.2) is 0 Å². The summed E-state index contributed by atoms with van der Waals surface area (Å²) in [7, 11) is 0. The van der Waals surface area contributed by atoms with Gasteiger partial charge in [0.05, 0.1) is 0 Å². The average Bonchev–Trinajstić information content (AvgIpc) is 2.96. The molecule has 5 heteroatoms. The van der Waals surface area contributed by atoms with Crippen LogP contribution < -0.4 is 11.3 Å². The summed E-state index contributed by atoms with van der Waals surface area (Å²) < 4.78 is 0. The van der Waals surface area contributed by atoms with Gasteiger partial charge in [0.1, 0.15) is 5.56 Å². The van der Waals surface area contributed by atoms with Crippen molar-refractivity contribution in [3.8, 4) is 0 Å². The van der Waals surface area contributed by atoms with E-state index in [1.807, 2.05) is 36.7 Å². The van der Waals surface area contributed by atoms with E-state index in [-0.39, 0.29) is 5.56 Å². The van der Waals surface area contributed by atoms with Crippen molar-refractivity contribution in [1.29, 1.82) is 0 Å². The van der Waals surface area contributed by atoms with Crippen molar-refractivity contribution in [2.75, 3.05) is 0 Å². The molecule has 19 heavy (non-hydrogen) atoms. The second-order valence-corrected chi connectivity index (χ2v) is 3.85. The molecule has 3 aromatic rings. The van der Waals surface area contributed by atoms with E-state index >= 15 is 0 Å². The molecule has 0 aliphatic rings. The van der Waals surface area contributed by atoms with E-state index < -0.39 is 11.5 Å². The molecule has 2 aromatic heterocycles. The van der Waals surface area contributed by atoms with Gasteiger partial charge in [0, 0.05) is 17.9 Å². The number of pyridine rings is 1. The Hall–Kier alpha value is -2.82. The smallest absolute Gasteiger partial charge is 0.261 e. The largest absolute Gasteiger partial charge is 0.368 e. The number of hydrogen-bond donors (Lipinski definition) is 3. The van der Waals surface area contributed by atoms with Crippen molar-refractivity contribution in [3.05, 3.63) is 70.8 Å². The molecular weight excluding hydrogens is 242 g/mol. The topological polar surface area (TPSA) is 91.7 Å².